The van der Waals surface area contributed by atoms with Crippen molar-refractivity contribution in [1.82, 2.24) is 10.2 Å². The van der Waals surface area contributed by atoms with Crippen LogP contribution in [0.2, 0.25) is 5.02 Å². The van der Waals surface area contributed by atoms with Gasteiger partial charge in [-0.15, -0.1) is 0 Å². The summed E-state index contributed by atoms with van der Waals surface area (Å²) >= 11 is 6.30. The molecule has 18 heavy (non-hydrogen) atoms. The van der Waals surface area contributed by atoms with Crippen LogP contribution in [-0.4, -0.2) is 30.1 Å². The van der Waals surface area contributed by atoms with Gasteiger partial charge in [0, 0.05) is 36.7 Å². The lowest BCUT2D eigenvalue weighted by atomic mass is 9.92. The molecule has 1 aromatic rings. The molecule has 0 amide bonds. The molecular weight excluding hydrogens is 244 g/mol. The van der Waals surface area contributed by atoms with Gasteiger partial charge in [0.05, 0.1) is 0 Å². The first-order valence-corrected chi connectivity index (χ1v) is 7.37. The van der Waals surface area contributed by atoms with Crippen molar-refractivity contribution in [2.75, 3.05) is 19.6 Å². The second kappa shape index (κ2) is 5.20. The van der Waals surface area contributed by atoms with E-state index in [9.17, 15) is 0 Å². The third-order valence-electron chi connectivity index (χ3n) is 4.54. The molecule has 1 N–H and O–H groups in total. The van der Waals surface area contributed by atoms with Gasteiger partial charge in [-0.1, -0.05) is 42.6 Å². The molecule has 1 saturated heterocycles. The summed E-state index contributed by atoms with van der Waals surface area (Å²) in [5.74, 6) is 0. The maximum Gasteiger partial charge on any atom is 0.0451 e. The van der Waals surface area contributed by atoms with E-state index in [0.717, 1.165) is 31.2 Å². The highest BCUT2D eigenvalue weighted by atomic mass is 35.5. The van der Waals surface area contributed by atoms with E-state index in [2.05, 4.69) is 22.3 Å². The van der Waals surface area contributed by atoms with Crippen LogP contribution in [0.3, 0.4) is 0 Å². The molecule has 1 aromatic carbocycles. The Kier molecular flexibility index (Phi) is 3.60. The van der Waals surface area contributed by atoms with E-state index in [1.807, 2.05) is 12.1 Å². The van der Waals surface area contributed by atoms with E-state index in [-0.39, 0.29) is 0 Å². The zero-order chi connectivity index (χ0) is 12.4. The molecule has 1 spiro atoms. The van der Waals surface area contributed by atoms with E-state index in [4.69, 9.17) is 11.6 Å². The lowest BCUT2D eigenvalue weighted by molar-refractivity contribution is 0.0573. The number of nitrogens with zero attached hydrogens (tertiary/aromatic N) is 1. The minimum Gasteiger partial charge on any atom is -0.314 e. The van der Waals surface area contributed by atoms with Crippen LogP contribution < -0.4 is 5.32 Å². The van der Waals surface area contributed by atoms with E-state index < -0.39 is 0 Å². The molecule has 0 aromatic heterocycles. The van der Waals surface area contributed by atoms with Crippen molar-refractivity contribution in [2.24, 2.45) is 0 Å². The number of piperazine rings is 1. The Balaban J connectivity index is 1.80. The van der Waals surface area contributed by atoms with Gasteiger partial charge in [-0.2, -0.15) is 0 Å². The van der Waals surface area contributed by atoms with Gasteiger partial charge >= 0.3 is 0 Å². The van der Waals surface area contributed by atoms with E-state index in [1.165, 1.54) is 31.2 Å². The van der Waals surface area contributed by atoms with Gasteiger partial charge in [-0.05, 0) is 24.5 Å². The van der Waals surface area contributed by atoms with Crippen molar-refractivity contribution in [1.29, 1.82) is 0 Å². The van der Waals surface area contributed by atoms with Gasteiger partial charge in [0.1, 0.15) is 0 Å². The van der Waals surface area contributed by atoms with Gasteiger partial charge in [0.25, 0.3) is 0 Å². The minimum absolute atomic E-state index is 0.400. The number of halogens is 1. The summed E-state index contributed by atoms with van der Waals surface area (Å²) in [7, 11) is 0. The number of hydrogen-bond acceptors (Lipinski definition) is 2. The first kappa shape index (κ1) is 12.5. The molecule has 2 nitrogen and oxygen atoms in total. The second-order valence-electron chi connectivity index (χ2n) is 5.62. The molecule has 2 fully saturated rings. The van der Waals surface area contributed by atoms with E-state index in [1.54, 1.807) is 0 Å². The molecule has 0 bridgehead atoms. The Hall–Kier alpha value is -0.570. The standard InChI is InChI=1S/C15H21ClN2/c16-14-6-2-1-5-13(14)11-18-10-9-17-12-15(18)7-3-4-8-15/h1-2,5-6,17H,3-4,7-12H2. The van der Waals surface area contributed by atoms with Gasteiger partial charge in [0.2, 0.25) is 0 Å². The van der Waals surface area contributed by atoms with Crippen molar-refractivity contribution in [3.8, 4) is 0 Å². The molecule has 1 aliphatic heterocycles. The highest BCUT2D eigenvalue weighted by Crippen LogP contribution is 2.37. The topological polar surface area (TPSA) is 15.3 Å². The fourth-order valence-electron chi connectivity index (χ4n) is 3.49. The number of nitrogens with one attached hydrogen (secondary N) is 1. The van der Waals surface area contributed by atoms with Crippen molar-refractivity contribution in [2.45, 2.75) is 37.8 Å². The van der Waals surface area contributed by atoms with Crippen molar-refractivity contribution >= 4 is 11.6 Å². The molecule has 3 rings (SSSR count). The van der Waals surface area contributed by atoms with E-state index in [0.29, 0.717) is 5.54 Å². The fraction of sp³-hybridized carbons (Fsp3) is 0.600. The van der Waals surface area contributed by atoms with Crippen molar-refractivity contribution in [3.63, 3.8) is 0 Å². The predicted molar refractivity (Wildman–Crippen MR) is 75.9 cm³/mol. The zero-order valence-electron chi connectivity index (χ0n) is 10.8. The SMILES string of the molecule is Clc1ccccc1CN1CCNCC12CCCC2. The molecule has 1 heterocycles. The summed E-state index contributed by atoms with van der Waals surface area (Å²) in [5, 5.41) is 4.48. The number of rotatable bonds is 2. The van der Waals surface area contributed by atoms with Gasteiger partial charge in [-0.25, -0.2) is 0 Å². The van der Waals surface area contributed by atoms with Crippen LogP contribution in [0.25, 0.3) is 0 Å². The first-order valence-electron chi connectivity index (χ1n) is 6.99. The lowest BCUT2D eigenvalue weighted by Crippen LogP contribution is -2.59. The summed E-state index contributed by atoms with van der Waals surface area (Å²) in [5.41, 5.74) is 1.67. The maximum absolute atomic E-state index is 6.30. The first-order chi connectivity index (χ1) is 8.80. The van der Waals surface area contributed by atoms with Crippen molar-refractivity contribution < 1.29 is 0 Å². The molecule has 0 radical (unpaired) electrons. The summed E-state index contributed by atoms with van der Waals surface area (Å²) in [6.45, 7) is 4.40. The Morgan fingerprint density at radius 3 is 2.78 bits per heavy atom. The average Bonchev–Trinajstić information content (AvgIpc) is 2.84. The summed E-state index contributed by atoms with van der Waals surface area (Å²) in [6, 6.07) is 8.26. The summed E-state index contributed by atoms with van der Waals surface area (Å²) in [4.78, 5) is 2.66. The molecule has 3 heteroatoms. The highest BCUT2D eigenvalue weighted by Gasteiger charge is 2.40. The highest BCUT2D eigenvalue weighted by molar-refractivity contribution is 6.31. The van der Waals surface area contributed by atoms with Crippen molar-refractivity contribution in [3.05, 3.63) is 34.9 Å². The zero-order valence-corrected chi connectivity index (χ0v) is 11.5. The molecule has 0 unspecified atom stereocenters. The third-order valence-corrected chi connectivity index (χ3v) is 4.91. The number of hydrogen-bond donors (Lipinski definition) is 1. The third kappa shape index (κ3) is 2.29. The monoisotopic (exact) mass is 264 g/mol. The lowest BCUT2D eigenvalue weighted by Gasteiger charge is -2.45. The normalized spacial score (nSPS) is 23.6. The van der Waals surface area contributed by atoms with Crippen LogP contribution in [0.5, 0.6) is 0 Å². The molecule has 2 aliphatic rings. The largest absolute Gasteiger partial charge is 0.314 e. The van der Waals surface area contributed by atoms with Crippen LogP contribution in [0.15, 0.2) is 24.3 Å². The second-order valence-corrected chi connectivity index (χ2v) is 6.03. The fourth-order valence-corrected chi connectivity index (χ4v) is 3.68. The van der Waals surface area contributed by atoms with Crippen LogP contribution in [0.4, 0.5) is 0 Å². The Labute approximate surface area is 114 Å². The van der Waals surface area contributed by atoms with Crippen LogP contribution in [-0.2, 0) is 6.54 Å². The van der Waals surface area contributed by atoms with E-state index >= 15 is 0 Å². The Bertz CT molecular complexity index is 413. The van der Waals surface area contributed by atoms with Crippen LogP contribution in [0, 0.1) is 0 Å². The molecule has 98 valence electrons. The van der Waals surface area contributed by atoms with Crippen LogP contribution in [0.1, 0.15) is 31.2 Å². The summed E-state index contributed by atoms with van der Waals surface area (Å²) in [6.07, 6.45) is 5.43. The molecule has 1 saturated carbocycles. The maximum atomic E-state index is 6.30. The predicted octanol–water partition coefficient (Wildman–Crippen LogP) is 3.06. The molecular formula is C15H21ClN2. The number of benzene rings is 1. The minimum atomic E-state index is 0.400. The quantitative estimate of drug-likeness (QED) is 0.883. The molecule has 0 atom stereocenters. The summed E-state index contributed by atoms with van der Waals surface area (Å²) < 4.78 is 0. The average molecular weight is 265 g/mol. The molecule has 1 aliphatic carbocycles. The van der Waals surface area contributed by atoms with Crippen LogP contribution >= 0.6 is 11.6 Å². The van der Waals surface area contributed by atoms with Gasteiger partial charge in [-0.3, -0.25) is 4.90 Å². The smallest absolute Gasteiger partial charge is 0.0451 e. The Morgan fingerprint density at radius 1 is 1.22 bits per heavy atom. The Morgan fingerprint density at radius 2 is 2.00 bits per heavy atom. The van der Waals surface area contributed by atoms with Gasteiger partial charge < -0.3 is 5.32 Å². The van der Waals surface area contributed by atoms with Gasteiger partial charge in [0.15, 0.2) is 0 Å².